The van der Waals surface area contributed by atoms with Crippen LogP contribution < -0.4 is 10.6 Å². The van der Waals surface area contributed by atoms with Crippen molar-refractivity contribution in [2.45, 2.75) is 19.4 Å². The number of hydrogen-bond donors (Lipinski definition) is 2. The average molecular weight is 251 g/mol. The number of anilines is 1. The van der Waals surface area contributed by atoms with E-state index >= 15 is 0 Å². The molecule has 0 aromatic heterocycles. The molecule has 1 aromatic rings. The van der Waals surface area contributed by atoms with Crippen LogP contribution in [0.1, 0.15) is 18.9 Å². The number of nitrogens with one attached hydrogen (secondary N) is 1. The number of thioether (sulfide) groups is 1. The van der Waals surface area contributed by atoms with Crippen molar-refractivity contribution < 1.29 is 0 Å². The highest BCUT2D eigenvalue weighted by Crippen LogP contribution is 2.18. The lowest BCUT2D eigenvalue weighted by atomic mass is 10.1. The summed E-state index contributed by atoms with van der Waals surface area (Å²) in [6.45, 7) is 2.23. The Hall–Kier alpha value is -1.16. The predicted molar refractivity (Wildman–Crippen MR) is 78.3 cm³/mol. The third-order valence-corrected chi connectivity index (χ3v) is 3.63. The molecule has 0 fully saturated rings. The smallest absolute Gasteiger partial charge is 0.122 e. The molecule has 1 atom stereocenters. The fourth-order valence-electron chi connectivity index (χ4n) is 1.61. The summed E-state index contributed by atoms with van der Waals surface area (Å²) in [5.41, 5.74) is 7.38. The summed E-state index contributed by atoms with van der Waals surface area (Å²) >= 11 is 1.88. The Morgan fingerprint density at radius 1 is 1.41 bits per heavy atom. The van der Waals surface area contributed by atoms with Gasteiger partial charge in [-0.1, -0.05) is 0 Å². The second-order valence-electron chi connectivity index (χ2n) is 4.20. The van der Waals surface area contributed by atoms with Crippen LogP contribution >= 0.6 is 11.8 Å². The molecule has 0 radical (unpaired) electrons. The summed E-state index contributed by atoms with van der Waals surface area (Å²) in [5, 5.41) is 7.35. The summed E-state index contributed by atoms with van der Waals surface area (Å²) in [6.07, 6.45) is 3.31. The van der Waals surface area contributed by atoms with Gasteiger partial charge in [-0.3, -0.25) is 5.41 Å². The van der Waals surface area contributed by atoms with E-state index in [9.17, 15) is 0 Å². The van der Waals surface area contributed by atoms with Crippen LogP contribution in [0.3, 0.4) is 0 Å². The van der Waals surface area contributed by atoms with Crippen LogP contribution in [0.25, 0.3) is 0 Å². The normalized spacial score (nSPS) is 12.2. The molecule has 0 spiro atoms. The Balaban J connectivity index is 2.68. The number of amidine groups is 1. The number of nitrogen functional groups attached to an aromatic ring is 1. The Morgan fingerprint density at radius 2 is 2.00 bits per heavy atom. The molecule has 3 nitrogen and oxygen atoms in total. The molecular weight excluding hydrogens is 230 g/mol. The van der Waals surface area contributed by atoms with E-state index in [1.807, 2.05) is 36.0 Å². The van der Waals surface area contributed by atoms with Crippen LogP contribution in [0.4, 0.5) is 5.69 Å². The number of rotatable bonds is 6. The van der Waals surface area contributed by atoms with Crippen molar-refractivity contribution in [3.63, 3.8) is 0 Å². The van der Waals surface area contributed by atoms with Crippen molar-refractivity contribution in [3.8, 4) is 0 Å². The van der Waals surface area contributed by atoms with Gasteiger partial charge in [-0.2, -0.15) is 11.8 Å². The predicted octanol–water partition coefficient (Wildman–Crippen LogP) is 2.55. The highest BCUT2D eigenvalue weighted by Gasteiger charge is 2.09. The fraction of sp³-hybridized carbons (Fsp3) is 0.462. The first-order valence-corrected chi connectivity index (χ1v) is 7.12. The summed E-state index contributed by atoms with van der Waals surface area (Å²) in [6, 6.07) is 8.36. The molecule has 4 heteroatoms. The first kappa shape index (κ1) is 13.9. The molecular formula is C13H21N3S. The van der Waals surface area contributed by atoms with Gasteiger partial charge in [-0.05, 0) is 49.6 Å². The van der Waals surface area contributed by atoms with Crippen LogP contribution in [0.15, 0.2) is 24.3 Å². The minimum atomic E-state index is 0.120. The lowest BCUT2D eigenvalue weighted by Crippen LogP contribution is -2.29. The van der Waals surface area contributed by atoms with Crippen molar-refractivity contribution in [3.05, 3.63) is 29.8 Å². The van der Waals surface area contributed by atoms with E-state index in [1.165, 1.54) is 17.9 Å². The number of nitrogens with zero attached hydrogens (tertiary/aromatic N) is 1. The zero-order valence-electron chi connectivity index (χ0n) is 10.7. The maximum Gasteiger partial charge on any atom is 0.122 e. The van der Waals surface area contributed by atoms with Crippen LogP contribution in [0, 0.1) is 5.41 Å². The Labute approximate surface area is 108 Å². The van der Waals surface area contributed by atoms with Crippen molar-refractivity contribution in [2.75, 3.05) is 24.0 Å². The van der Waals surface area contributed by atoms with Gasteiger partial charge in [0, 0.05) is 24.3 Å². The average Bonchev–Trinajstić information content (AvgIpc) is 2.35. The molecule has 1 unspecified atom stereocenters. The minimum absolute atomic E-state index is 0.120. The standard InChI is InChI=1S/C13H21N3S/c1-10(8-9-17-3)16(2)12-6-4-11(5-7-12)13(14)15/h4-7,10H,8-9H2,1-3H3,(H3,14,15). The molecule has 0 saturated carbocycles. The SMILES string of the molecule is CSCCC(C)N(C)c1ccc(C(=N)N)cc1. The quantitative estimate of drug-likeness (QED) is 0.603. The van der Waals surface area contributed by atoms with E-state index < -0.39 is 0 Å². The van der Waals surface area contributed by atoms with Gasteiger partial charge in [0.15, 0.2) is 0 Å². The Bertz CT molecular complexity index is 361. The molecule has 17 heavy (non-hydrogen) atoms. The highest BCUT2D eigenvalue weighted by atomic mass is 32.2. The van der Waals surface area contributed by atoms with E-state index in [2.05, 4.69) is 25.1 Å². The summed E-state index contributed by atoms with van der Waals surface area (Å²) < 4.78 is 0. The van der Waals surface area contributed by atoms with Crippen molar-refractivity contribution >= 4 is 23.3 Å². The van der Waals surface area contributed by atoms with E-state index in [-0.39, 0.29) is 5.84 Å². The number of benzene rings is 1. The molecule has 0 aliphatic carbocycles. The number of hydrogen-bond acceptors (Lipinski definition) is 3. The molecule has 1 aromatic carbocycles. The van der Waals surface area contributed by atoms with Gasteiger partial charge in [-0.15, -0.1) is 0 Å². The van der Waals surface area contributed by atoms with E-state index in [4.69, 9.17) is 11.1 Å². The zero-order valence-corrected chi connectivity index (χ0v) is 11.6. The molecule has 0 heterocycles. The van der Waals surface area contributed by atoms with Gasteiger partial charge in [0.1, 0.15) is 5.84 Å². The molecule has 3 N–H and O–H groups in total. The van der Waals surface area contributed by atoms with Crippen LogP contribution in [-0.2, 0) is 0 Å². The highest BCUT2D eigenvalue weighted by molar-refractivity contribution is 7.98. The van der Waals surface area contributed by atoms with Crippen LogP contribution in [-0.4, -0.2) is 30.9 Å². The molecule has 0 saturated heterocycles. The molecule has 0 amide bonds. The minimum Gasteiger partial charge on any atom is -0.384 e. The monoisotopic (exact) mass is 251 g/mol. The Morgan fingerprint density at radius 3 is 2.47 bits per heavy atom. The Kier molecular flexibility index (Phi) is 5.35. The van der Waals surface area contributed by atoms with Gasteiger partial charge in [0.25, 0.3) is 0 Å². The van der Waals surface area contributed by atoms with E-state index in [1.54, 1.807) is 0 Å². The first-order valence-electron chi connectivity index (χ1n) is 5.72. The van der Waals surface area contributed by atoms with Crippen molar-refractivity contribution in [1.29, 1.82) is 5.41 Å². The van der Waals surface area contributed by atoms with Gasteiger partial charge in [-0.25, -0.2) is 0 Å². The lowest BCUT2D eigenvalue weighted by Gasteiger charge is -2.27. The summed E-state index contributed by atoms with van der Waals surface area (Å²) in [5.74, 6) is 1.30. The second kappa shape index (κ2) is 6.55. The molecule has 0 aliphatic rings. The lowest BCUT2D eigenvalue weighted by molar-refractivity contribution is 0.669. The molecule has 0 aliphatic heterocycles. The molecule has 0 bridgehead atoms. The summed E-state index contributed by atoms with van der Waals surface area (Å²) in [4.78, 5) is 2.26. The second-order valence-corrected chi connectivity index (χ2v) is 5.19. The topological polar surface area (TPSA) is 53.1 Å². The maximum atomic E-state index is 7.35. The third-order valence-electron chi connectivity index (χ3n) is 2.99. The largest absolute Gasteiger partial charge is 0.384 e. The van der Waals surface area contributed by atoms with Gasteiger partial charge in [0.05, 0.1) is 0 Å². The number of nitrogens with two attached hydrogens (primary N) is 1. The maximum absolute atomic E-state index is 7.35. The first-order chi connectivity index (χ1) is 8.06. The fourth-order valence-corrected chi connectivity index (χ4v) is 2.19. The third kappa shape index (κ3) is 3.97. The van der Waals surface area contributed by atoms with Crippen LogP contribution in [0.5, 0.6) is 0 Å². The van der Waals surface area contributed by atoms with Gasteiger partial charge in [0.2, 0.25) is 0 Å². The van der Waals surface area contributed by atoms with Crippen molar-refractivity contribution in [1.82, 2.24) is 0 Å². The summed E-state index contributed by atoms with van der Waals surface area (Å²) in [7, 11) is 2.10. The van der Waals surface area contributed by atoms with Crippen LogP contribution in [0.2, 0.25) is 0 Å². The van der Waals surface area contributed by atoms with Gasteiger partial charge < -0.3 is 10.6 Å². The van der Waals surface area contributed by atoms with Gasteiger partial charge >= 0.3 is 0 Å². The van der Waals surface area contributed by atoms with E-state index in [0.717, 1.165) is 5.56 Å². The zero-order chi connectivity index (χ0) is 12.8. The molecule has 94 valence electrons. The van der Waals surface area contributed by atoms with E-state index in [0.29, 0.717) is 6.04 Å². The molecule has 1 rings (SSSR count). The van der Waals surface area contributed by atoms with Crippen molar-refractivity contribution in [2.24, 2.45) is 5.73 Å².